The van der Waals surface area contributed by atoms with E-state index in [1.807, 2.05) is 43.3 Å². The van der Waals surface area contributed by atoms with Gasteiger partial charge in [-0.15, -0.1) is 0 Å². The maximum absolute atomic E-state index is 10.5. The van der Waals surface area contributed by atoms with Crippen molar-refractivity contribution >= 4 is 5.82 Å². The van der Waals surface area contributed by atoms with E-state index in [0.717, 1.165) is 11.1 Å². The maximum atomic E-state index is 10.5. The van der Waals surface area contributed by atoms with E-state index in [0.29, 0.717) is 18.1 Å². The minimum Gasteiger partial charge on any atom is -0.384 e. The number of nitrogens with zero attached hydrogens (tertiary/aromatic N) is 2. The Labute approximate surface area is 118 Å². The zero-order valence-electron chi connectivity index (χ0n) is 11.6. The Hall–Kier alpha value is -2.38. The highest BCUT2D eigenvalue weighted by molar-refractivity contribution is 5.43. The van der Waals surface area contributed by atoms with Gasteiger partial charge >= 0.3 is 0 Å². The average molecular weight is 267 g/mol. The molecule has 0 aliphatic carbocycles. The van der Waals surface area contributed by atoms with Crippen molar-refractivity contribution in [2.45, 2.75) is 19.4 Å². The van der Waals surface area contributed by atoms with E-state index in [-0.39, 0.29) is 0 Å². The smallest absolute Gasteiger partial charge is 0.145 e. The van der Waals surface area contributed by atoms with Gasteiger partial charge in [-0.2, -0.15) is 5.26 Å². The first-order valence-corrected chi connectivity index (χ1v) is 6.42. The highest BCUT2D eigenvalue weighted by Crippen LogP contribution is 2.21. The Balaban J connectivity index is 2.11. The van der Waals surface area contributed by atoms with Crippen LogP contribution in [0.5, 0.6) is 0 Å². The molecular formula is C16H17N3O. The molecular weight excluding hydrogens is 250 g/mol. The fourth-order valence-electron chi connectivity index (χ4n) is 1.90. The molecule has 1 aromatic carbocycles. The normalized spacial score (nSPS) is 13.3. The number of hydrogen-bond donors (Lipinski definition) is 2. The minimum atomic E-state index is -0.999. The van der Waals surface area contributed by atoms with Crippen LogP contribution >= 0.6 is 0 Å². The van der Waals surface area contributed by atoms with E-state index >= 15 is 0 Å². The summed E-state index contributed by atoms with van der Waals surface area (Å²) in [6, 6.07) is 15.1. The third-order valence-corrected chi connectivity index (χ3v) is 3.21. The van der Waals surface area contributed by atoms with Crippen LogP contribution in [-0.2, 0) is 5.60 Å². The third-order valence-electron chi connectivity index (χ3n) is 3.21. The Kier molecular flexibility index (Phi) is 4.02. The van der Waals surface area contributed by atoms with Gasteiger partial charge in [0.25, 0.3) is 0 Å². The lowest BCUT2D eigenvalue weighted by Crippen LogP contribution is -2.30. The van der Waals surface area contributed by atoms with Crippen molar-refractivity contribution in [3.63, 3.8) is 0 Å². The first kappa shape index (κ1) is 14.0. The molecule has 1 aromatic heterocycles. The quantitative estimate of drug-likeness (QED) is 0.893. The van der Waals surface area contributed by atoms with Crippen molar-refractivity contribution in [1.82, 2.24) is 4.98 Å². The fourth-order valence-corrected chi connectivity index (χ4v) is 1.90. The van der Waals surface area contributed by atoms with Gasteiger partial charge in [-0.3, -0.25) is 0 Å². The molecule has 102 valence electrons. The number of pyridine rings is 1. The molecule has 4 nitrogen and oxygen atoms in total. The number of nitrogens with one attached hydrogen (secondary N) is 1. The van der Waals surface area contributed by atoms with E-state index < -0.39 is 5.60 Å². The molecule has 0 saturated heterocycles. The highest BCUT2D eigenvalue weighted by Gasteiger charge is 2.22. The maximum Gasteiger partial charge on any atom is 0.145 e. The first-order valence-electron chi connectivity index (χ1n) is 6.42. The second-order valence-corrected chi connectivity index (χ2v) is 4.97. The summed E-state index contributed by atoms with van der Waals surface area (Å²) in [5.74, 6) is 0.586. The van der Waals surface area contributed by atoms with Gasteiger partial charge in [0.15, 0.2) is 0 Å². The van der Waals surface area contributed by atoms with Crippen LogP contribution in [0.1, 0.15) is 23.7 Å². The number of nitriles is 1. The van der Waals surface area contributed by atoms with Crippen LogP contribution in [0.4, 0.5) is 5.82 Å². The van der Waals surface area contributed by atoms with Crippen LogP contribution in [0.2, 0.25) is 0 Å². The van der Waals surface area contributed by atoms with E-state index in [1.54, 1.807) is 13.0 Å². The summed E-state index contributed by atoms with van der Waals surface area (Å²) >= 11 is 0. The van der Waals surface area contributed by atoms with Gasteiger partial charge < -0.3 is 10.4 Å². The van der Waals surface area contributed by atoms with Gasteiger partial charge in [-0.1, -0.05) is 36.4 Å². The number of rotatable bonds is 4. The number of hydrogen-bond acceptors (Lipinski definition) is 4. The van der Waals surface area contributed by atoms with Crippen LogP contribution in [0.25, 0.3) is 0 Å². The zero-order chi connectivity index (χ0) is 14.6. The summed E-state index contributed by atoms with van der Waals surface area (Å²) in [4.78, 5) is 4.20. The lowest BCUT2D eigenvalue weighted by molar-refractivity contribution is 0.0714. The summed E-state index contributed by atoms with van der Waals surface area (Å²) in [6.45, 7) is 3.90. The molecule has 0 saturated carbocycles. The van der Waals surface area contributed by atoms with E-state index in [9.17, 15) is 5.11 Å². The zero-order valence-corrected chi connectivity index (χ0v) is 11.6. The van der Waals surface area contributed by atoms with Crippen LogP contribution < -0.4 is 5.32 Å². The molecule has 2 aromatic rings. The van der Waals surface area contributed by atoms with Crippen molar-refractivity contribution in [2.75, 3.05) is 11.9 Å². The summed E-state index contributed by atoms with van der Waals surface area (Å²) in [5.41, 5.74) is 1.07. The minimum absolute atomic E-state index is 0.317. The Bertz CT molecular complexity index is 630. The second-order valence-electron chi connectivity index (χ2n) is 4.97. The van der Waals surface area contributed by atoms with Crippen molar-refractivity contribution in [1.29, 1.82) is 5.26 Å². The molecule has 0 bridgehead atoms. The fraction of sp³-hybridized carbons (Fsp3) is 0.250. The Morgan fingerprint density at radius 1 is 1.25 bits per heavy atom. The molecule has 1 unspecified atom stereocenters. The average Bonchev–Trinajstić information content (AvgIpc) is 2.47. The van der Waals surface area contributed by atoms with Gasteiger partial charge in [-0.05, 0) is 31.0 Å². The number of anilines is 1. The molecule has 0 radical (unpaired) electrons. The molecule has 0 amide bonds. The standard InChI is InChI=1S/C16H17N3O/c1-12-8-9-15(19-14(12)10-17)18-11-16(2,20)13-6-4-3-5-7-13/h3-9,20H,11H2,1-2H3,(H,18,19). The highest BCUT2D eigenvalue weighted by atomic mass is 16.3. The first-order chi connectivity index (χ1) is 9.53. The number of aliphatic hydroxyl groups is 1. The van der Waals surface area contributed by atoms with Crippen LogP contribution in [0, 0.1) is 18.3 Å². The summed E-state index contributed by atoms with van der Waals surface area (Å²) in [5, 5.41) is 22.5. The van der Waals surface area contributed by atoms with Crippen LogP contribution in [-0.4, -0.2) is 16.6 Å². The van der Waals surface area contributed by atoms with Gasteiger partial charge in [-0.25, -0.2) is 4.98 Å². The molecule has 20 heavy (non-hydrogen) atoms. The second kappa shape index (κ2) is 5.72. The van der Waals surface area contributed by atoms with Crippen molar-refractivity contribution in [3.05, 3.63) is 59.3 Å². The molecule has 0 aliphatic heterocycles. The molecule has 2 rings (SSSR count). The molecule has 4 heteroatoms. The summed E-state index contributed by atoms with van der Waals surface area (Å²) in [6.07, 6.45) is 0. The molecule has 1 atom stereocenters. The lowest BCUT2D eigenvalue weighted by atomic mass is 9.96. The van der Waals surface area contributed by atoms with Gasteiger partial charge in [0.2, 0.25) is 0 Å². The largest absolute Gasteiger partial charge is 0.384 e. The van der Waals surface area contributed by atoms with E-state index in [2.05, 4.69) is 16.4 Å². The molecule has 1 heterocycles. The number of aromatic nitrogens is 1. The molecule has 0 fully saturated rings. The van der Waals surface area contributed by atoms with Crippen LogP contribution in [0.15, 0.2) is 42.5 Å². The van der Waals surface area contributed by atoms with Crippen molar-refractivity contribution < 1.29 is 5.11 Å². The monoisotopic (exact) mass is 267 g/mol. The van der Waals surface area contributed by atoms with Gasteiger partial charge in [0, 0.05) is 6.54 Å². The summed E-state index contributed by atoms with van der Waals surface area (Å²) < 4.78 is 0. The predicted molar refractivity (Wildman–Crippen MR) is 78.2 cm³/mol. The molecule has 0 spiro atoms. The topological polar surface area (TPSA) is 68.9 Å². The SMILES string of the molecule is Cc1ccc(NCC(C)(O)c2ccccc2)nc1C#N. The van der Waals surface area contributed by atoms with Gasteiger partial charge in [0.05, 0.1) is 0 Å². The summed E-state index contributed by atoms with van der Waals surface area (Å²) in [7, 11) is 0. The van der Waals surface area contributed by atoms with Crippen molar-refractivity contribution in [3.8, 4) is 6.07 Å². The predicted octanol–water partition coefficient (Wildman–Crippen LogP) is 2.58. The number of aryl methyl sites for hydroxylation is 1. The lowest BCUT2D eigenvalue weighted by Gasteiger charge is -2.24. The third kappa shape index (κ3) is 3.14. The molecule has 0 aliphatic rings. The van der Waals surface area contributed by atoms with Crippen molar-refractivity contribution in [2.24, 2.45) is 0 Å². The Morgan fingerprint density at radius 2 is 1.95 bits per heavy atom. The van der Waals surface area contributed by atoms with Crippen LogP contribution in [0.3, 0.4) is 0 Å². The Morgan fingerprint density at radius 3 is 2.60 bits per heavy atom. The van der Waals surface area contributed by atoms with E-state index in [4.69, 9.17) is 5.26 Å². The van der Waals surface area contributed by atoms with E-state index in [1.165, 1.54) is 0 Å². The van der Waals surface area contributed by atoms with Gasteiger partial charge in [0.1, 0.15) is 23.2 Å². The number of benzene rings is 1. The molecule has 2 N–H and O–H groups in total.